The van der Waals surface area contributed by atoms with E-state index < -0.39 is 0 Å². The van der Waals surface area contributed by atoms with Gasteiger partial charge in [-0.25, -0.2) is 0 Å². The van der Waals surface area contributed by atoms with Crippen LogP contribution in [0, 0.1) is 5.92 Å². The molecule has 2 saturated carbocycles. The summed E-state index contributed by atoms with van der Waals surface area (Å²) in [5, 5.41) is 0. The minimum Gasteiger partial charge on any atom is -0.329 e. The Morgan fingerprint density at radius 2 is 1.87 bits per heavy atom. The molecule has 2 rings (SSSR count). The monoisotopic (exact) mass is 210 g/mol. The Labute approximate surface area is 94.2 Å². The second kappa shape index (κ2) is 4.42. The lowest BCUT2D eigenvalue weighted by molar-refractivity contribution is -0.0181. The number of nitrogens with zero attached hydrogens (tertiary/aromatic N) is 1. The lowest BCUT2D eigenvalue weighted by atomic mass is 9.72. The molecule has 15 heavy (non-hydrogen) atoms. The Morgan fingerprint density at radius 1 is 1.20 bits per heavy atom. The van der Waals surface area contributed by atoms with Gasteiger partial charge in [0.1, 0.15) is 0 Å². The quantitative estimate of drug-likeness (QED) is 0.775. The molecule has 0 radical (unpaired) electrons. The second-order valence-electron chi connectivity index (χ2n) is 5.72. The van der Waals surface area contributed by atoms with Crippen molar-refractivity contribution in [2.45, 2.75) is 63.5 Å². The number of likely N-dealkylation sites (N-methyl/N-ethyl adjacent to an activating group) is 1. The average molecular weight is 210 g/mol. The molecule has 0 aromatic heterocycles. The van der Waals surface area contributed by atoms with Crippen LogP contribution >= 0.6 is 0 Å². The zero-order valence-electron chi connectivity index (χ0n) is 10.3. The van der Waals surface area contributed by atoms with Crippen molar-refractivity contribution in [1.29, 1.82) is 0 Å². The first-order valence-corrected chi connectivity index (χ1v) is 6.63. The largest absolute Gasteiger partial charge is 0.329 e. The SMILES string of the molecule is CC1CCCCC1N(C)C1(CN)CCC1. The Kier molecular flexibility index (Phi) is 3.36. The van der Waals surface area contributed by atoms with E-state index in [4.69, 9.17) is 5.73 Å². The zero-order chi connectivity index (χ0) is 10.9. The highest BCUT2D eigenvalue weighted by molar-refractivity contribution is 5.01. The number of rotatable bonds is 3. The summed E-state index contributed by atoms with van der Waals surface area (Å²) in [5.41, 5.74) is 6.35. The molecule has 0 saturated heterocycles. The second-order valence-corrected chi connectivity index (χ2v) is 5.72. The van der Waals surface area contributed by atoms with Crippen molar-refractivity contribution in [1.82, 2.24) is 4.90 Å². The highest BCUT2D eigenvalue weighted by atomic mass is 15.2. The Bertz CT molecular complexity index is 205. The van der Waals surface area contributed by atoms with Crippen LogP contribution in [0.15, 0.2) is 0 Å². The van der Waals surface area contributed by atoms with E-state index in [1.807, 2.05) is 0 Å². The molecule has 2 nitrogen and oxygen atoms in total. The average Bonchev–Trinajstić information content (AvgIpc) is 2.17. The minimum absolute atomic E-state index is 0.371. The van der Waals surface area contributed by atoms with Gasteiger partial charge < -0.3 is 5.73 Å². The molecule has 0 aromatic carbocycles. The smallest absolute Gasteiger partial charge is 0.0331 e. The Balaban J connectivity index is 2.01. The highest BCUT2D eigenvalue weighted by Gasteiger charge is 2.43. The van der Waals surface area contributed by atoms with E-state index in [-0.39, 0.29) is 0 Å². The van der Waals surface area contributed by atoms with Gasteiger partial charge in [0, 0.05) is 18.1 Å². The van der Waals surface area contributed by atoms with Gasteiger partial charge in [-0.05, 0) is 45.1 Å². The van der Waals surface area contributed by atoms with Gasteiger partial charge >= 0.3 is 0 Å². The standard InChI is InChI=1S/C13H26N2/c1-11-6-3-4-7-12(11)15(2)13(10-14)8-5-9-13/h11-12H,3-10,14H2,1-2H3. The van der Waals surface area contributed by atoms with Crippen LogP contribution in [0.1, 0.15) is 51.9 Å². The van der Waals surface area contributed by atoms with E-state index in [1.165, 1.54) is 44.9 Å². The molecule has 2 aliphatic carbocycles. The summed E-state index contributed by atoms with van der Waals surface area (Å²) < 4.78 is 0. The van der Waals surface area contributed by atoms with Crippen LogP contribution in [-0.2, 0) is 0 Å². The molecule has 2 heteroatoms. The van der Waals surface area contributed by atoms with Crippen molar-refractivity contribution in [2.24, 2.45) is 11.7 Å². The molecule has 0 bridgehead atoms. The van der Waals surface area contributed by atoms with Gasteiger partial charge in [0.25, 0.3) is 0 Å². The summed E-state index contributed by atoms with van der Waals surface area (Å²) in [7, 11) is 2.32. The van der Waals surface area contributed by atoms with Crippen LogP contribution in [0.2, 0.25) is 0 Å². The first-order chi connectivity index (χ1) is 7.19. The Morgan fingerprint density at radius 3 is 2.33 bits per heavy atom. The molecule has 0 spiro atoms. The van der Waals surface area contributed by atoms with Gasteiger partial charge in [-0.3, -0.25) is 4.90 Å². The molecule has 0 heterocycles. The number of hydrogen-bond donors (Lipinski definition) is 1. The fourth-order valence-corrected chi connectivity index (χ4v) is 3.51. The van der Waals surface area contributed by atoms with Crippen molar-refractivity contribution in [3.05, 3.63) is 0 Å². The van der Waals surface area contributed by atoms with Gasteiger partial charge in [-0.2, -0.15) is 0 Å². The first kappa shape index (κ1) is 11.4. The van der Waals surface area contributed by atoms with E-state index >= 15 is 0 Å². The van der Waals surface area contributed by atoms with E-state index in [0.29, 0.717) is 5.54 Å². The minimum atomic E-state index is 0.371. The van der Waals surface area contributed by atoms with Crippen LogP contribution in [0.4, 0.5) is 0 Å². The number of nitrogens with two attached hydrogens (primary N) is 1. The third-order valence-electron chi connectivity index (χ3n) is 4.98. The molecule has 2 fully saturated rings. The van der Waals surface area contributed by atoms with Crippen LogP contribution in [0.5, 0.6) is 0 Å². The van der Waals surface area contributed by atoms with Crippen molar-refractivity contribution in [3.8, 4) is 0 Å². The summed E-state index contributed by atoms with van der Waals surface area (Å²) in [6.45, 7) is 3.27. The van der Waals surface area contributed by atoms with Crippen molar-refractivity contribution in [3.63, 3.8) is 0 Å². The van der Waals surface area contributed by atoms with Crippen LogP contribution in [-0.4, -0.2) is 30.1 Å². The lowest BCUT2D eigenvalue weighted by Gasteiger charge is -2.53. The summed E-state index contributed by atoms with van der Waals surface area (Å²) >= 11 is 0. The predicted molar refractivity (Wildman–Crippen MR) is 64.8 cm³/mol. The molecule has 0 aliphatic heterocycles. The molecule has 2 unspecified atom stereocenters. The fraction of sp³-hybridized carbons (Fsp3) is 1.00. The van der Waals surface area contributed by atoms with Crippen LogP contribution < -0.4 is 5.73 Å². The van der Waals surface area contributed by atoms with Gasteiger partial charge in [0.2, 0.25) is 0 Å². The summed E-state index contributed by atoms with van der Waals surface area (Å²) in [6, 6.07) is 0.794. The molecule has 2 aliphatic rings. The van der Waals surface area contributed by atoms with Gasteiger partial charge in [0.15, 0.2) is 0 Å². The summed E-state index contributed by atoms with van der Waals surface area (Å²) in [5.74, 6) is 0.868. The van der Waals surface area contributed by atoms with E-state index in [9.17, 15) is 0 Å². The highest BCUT2D eigenvalue weighted by Crippen LogP contribution is 2.40. The molecule has 0 aromatic rings. The fourth-order valence-electron chi connectivity index (χ4n) is 3.51. The summed E-state index contributed by atoms with van der Waals surface area (Å²) in [6.07, 6.45) is 9.67. The topological polar surface area (TPSA) is 29.3 Å². The number of hydrogen-bond acceptors (Lipinski definition) is 2. The Hall–Kier alpha value is -0.0800. The first-order valence-electron chi connectivity index (χ1n) is 6.63. The molecular weight excluding hydrogens is 184 g/mol. The van der Waals surface area contributed by atoms with Crippen molar-refractivity contribution >= 4 is 0 Å². The van der Waals surface area contributed by atoms with Gasteiger partial charge in [-0.1, -0.05) is 19.8 Å². The normalized spacial score (nSPS) is 35.2. The van der Waals surface area contributed by atoms with Crippen molar-refractivity contribution in [2.75, 3.05) is 13.6 Å². The molecule has 0 amide bonds. The maximum absolute atomic E-state index is 5.98. The zero-order valence-corrected chi connectivity index (χ0v) is 10.3. The molecular formula is C13H26N2. The summed E-state index contributed by atoms with van der Waals surface area (Å²) in [4.78, 5) is 2.64. The molecule has 2 atom stereocenters. The van der Waals surface area contributed by atoms with Crippen LogP contribution in [0.3, 0.4) is 0 Å². The maximum Gasteiger partial charge on any atom is 0.0331 e. The van der Waals surface area contributed by atoms with Crippen molar-refractivity contribution < 1.29 is 0 Å². The third kappa shape index (κ3) is 1.94. The predicted octanol–water partition coefficient (Wildman–Crippen LogP) is 2.38. The molecule has 88 valence electrons. The lowest BCUT2D eigenvalue weighted by Crippen LogP contribution is -2.61. The maximum atomic E-state index is 5.98. The molecule has 2 N–H and O–H groups in total. The van der Waals surface area contributed by atoms with E-state index in [0.717, 1.165) is 18.5 Å². The third-order valence-corrected chi connectivity index (χ3v) is 4.98. The van der Waals surface area contributed by atoms with Gasteiger partial charge in [0.05, 0.1) is 0 Å². The van der Waals surface area contributed by atoms with E-state index in [1.54, 1.807) is 0 Å². The van der Waals surface area contributed by atoms with E-state index in [2.05, 4.69) is 18.9 Å². The van der Waals surface area contributed by atoms with Crippen LogP contribution in [0.25, 0.3) is 0 Å². The van der Waals surface area contributed by atoms with Gasteiger partial charge in [-0.15, -0.1) is 0 Å².